The molecule has 0 saturated heterocycles. The van der Waals surface area contributed by atoms with Crippen LogP contribution < -0.4 is 5.32 Å². The van der Waals surface area contributed by atoms with Crippen LogP contribution in [-0.2, 0) is 25.8 Å². The van der Waals surface area contributed by atoms with Gasteiger partial charge in [0.25, 0.3) is 5.91 Å². The number of thiazole rings is 1. The molecule has 0 aliphatic heterocycles. The molecule has 2 aromatic heterocycles. The number of carbonyl (C=O) groups is 1. The summed E-state index contributed by atoms with van der Waals surface area (Å²) in [6.45, 7) is 1.57. The van der Waals surface area contributed by atoms with E-state index in [-0.39, 0.29) is 12.3 Å². The number of halogens is 6. The quantitative estimate of drug-likeness (QED) is 0.168. The lowest BCUT2D eigenvalue weighted by atomic mass is 9.96. The van der Waals surface area contributed by atoms with Crippen LogP contribution in [0.3, 0.4) is 0 Å². The van der Waals surface area contributed by atoms with Crippen LogP contribution in [0.15, 0.2) is 60.9 Å². The molecule has 1 aliphatic carbocycles. The first-order valence-electron chi connectivity index (χ1n) is 14.7. The lowest BCUT2D eigenvalue weighted by molar-refractivity contribution is -0.148. The molecule has 0 spiro atoms. The molecular formula is C32H33F6N5OS. The number of anilines is 1. The van der Waals surface area contributed by atoms with Gasteiger partial charge in [0.2, 0.25) is 0 Å². The third kappa shape index (κ3) is 9.16. The van der Waals surface area contributed by atoms with E-state index in [2.05, 4.69) is 46.6 Å². The molecule has 240 valence electrons. The number of nitrogens with zero attached hydrogens (tertiary/aromatic N) is 4. The monoisotopic (exact) mass is 649 g/mol. The summed E-state index contributed by atoms with van der Waals surface area (Å²) in [4.78, 5) is 19.7. The maximum atomic E-state index is 13.1. The summed E-state index contributed by atoms with van der Waals surface area (Å²) in [5, 5.41) is 7.63. The maximum Gasteiger partial charge on any atom is 0.390 e. The highest BCUT2D eigenvalue weighted by Gasteiger charge is 2.35. The molecule has 0 fully saturated rings. The molecule has 1 aliphatic rings. The summed E-state index contributed by atoms with van der Waals surface area (Å²) in [6.07, 6.45) is -5.47. The minimum Gasteiger partial charge on any atom is -0.299 e. The van der Waals surface area contributed by atoms with Crippen molar-refractivity contribution in [3.05, 3.63) is 88.2 Å². The number of alkyl halides is 6. The van der Waals surface area contributed by atoms with E-state index in [0.717, 1.165) is 28.0 Å². The van der Waals surface area contributed by atoms with E-state index in [1.165, 1.54) is 21.8 Å². The first-order valence-corrected chi connectivity index (χ1v) is 15.5. The van der Waals surface area contributed by atoms with Crippen LogP contribution in [0.1, 0.15) is 58.2 Å². The van der Waals surface area contributed by atoms with Gasteiger partial charge in [-0.3, -0.25) is 19.7 Å². The Hall–Kier alpha value is -3.71. The van der Waals surface area contributed by atoms with Crippen molar-refractivity contribution in [1.29, 1.82) is 0 Å². The van der Waals surface area contributed by atoms with E-state index >= 15 is 0 Å². The normalized spacial score (nSPS) is 15.3. The van der Waals surface area contributed by atoms with E-state index in [4.69, 9.17) is 0 Å². The average molecular weight is 650 g/mol. The van der Waals surface area contributed by atoms with Crippen LogP contribution in [0.4, 0.5) is 31.5 Å². The van der Waals surface area contributed by atoms with E-state index in [1.807, 2.05) is 12.3 Å². The van der Waals surface area contributed by atoms with E-state index in [9.17, 15) is 31.1 Å². The third-order valence-corrected chi connectivity index (χ3v) is 8.91. The molecule has 4 aromatic rings. The second-order valence-electron chi connectivity index (χ2n) is 11.2. The maximum absolute atomic E-state index is 13.1. The Bertz CT molecular complexity index is 1580. The van der Waals surface area contributed by atoms with E-state index in [0.29, 0.717) is 35.8 Å². The Labute approximate surface area is 261 Å². The first-order chi connectivity index (χ1) is 21.3. The number of benzene rings is 2. The molecule has 5 rings (SSSR count). The molecule has 0 radical (unpaired) electrons. The van der Waals surface area contributed by atoms with Crippen molar-refractivity contribution in [1.82, 2.24) is 19.7 Å². The highest BCUT2D eigenvalue weighted by Crippen LogP contribution is 2.33. The molecule has 1 N–H and O–H groups in total. The molecule has 1 amide bonds. The average Bonchev–Trinajstić information content (AvgIpc) is 3.62. The van der Waals surface area contributed by atoms with Gasteiger partial charge >= 0.3 is 12.4 Å². The zero-order valence-corrected chi connectivity index (χ0v) is 25.4. The number of fused-ring (bicyclic) bond motifs is 1. The van der Waals surface area contributed by atoms with Crippen molar-refractivity contribution in [2.24, 2.45) is 0 Å². The van der Waals surface area contributed by atoms with Crippen LogP contribution in [0.5, 0.6) is 0 Å². The molecule has 45 heavy (non-hydrogen) atoms. The fourth-order valence-corrected chi connectivity index (χ4v) is 6.51. The highest BCUT2D eigenvalue weighted by atomic mass is 32.1. The number of amides is 1. The second kappa shape index (κ2) is 13.7. The molecular weight excluding hydrogens is 616 g/mol. The molecule has 1 unspecified atom stereocenters. The Morgan fingerprint density at radius 1 is 1.00 bits per heavy atom. The van der Waals surface area contributed by atoms with Crippen molar-refractivity contribution in [3.63, 3.8) is 0 Å². The standard InChI is InChI=1S/C32H33F6N5OS/c1-2-21-6-8-23(9-7-21)25-18-39-43(20-25)19-22-4-3-5-24(16-22)29(44)41-30-40-27-11-10-26(17-28(27)45-30)42(14-12-31(33,34)35)15-13-32(36,37)38/h3-9,16,18,20,26H,2,10-15,17,19H2,1H3,(H,40,41,44). The number of nitrogens with one attached hydrogen (secondary N) is 1. The Balaban J connectivity index is 1.21. The van der Waals surface area contributed by atoms with Crippen molar-refractivity contribution in [2.75, 3.05) is 18.4 Å². The summed E-state index contributed by atoms with van der Waals surface area (Å²) in [5.74, 6) is -0.367. The summed E-state index contributed by atoms with van der Waals surface area (Å²) >= 11 is 1.21. The van der Waals surface area contributed by atoms with Gasteiger partial charge in [0.15, 0.2) is 5.13 Å². The number of hydrogen-bond acceptors (Lipinski definition) is 5. The number of aryl methyl sites for hydroxylation is 2. The van der Waals surface area contributed by atoms with Crippen LogP contribution in [0.25, 0.3) is 11.1 Å². The van der Waals surface area contributed by atoms with Gasteiger partial charge in [-0.15, -0.1) is 11.3 Å². The zero-order valence-electron chi connectivity index (χ0n) is 24.6. The Morgan fingerprint density at radius 2 is 1.71 bits per heavy atom. The molecule has 1 atom stereocenters. The van der Waals surface area contributed by atoms with Gasteiger partial charge in [-0.25, -0.2) is 4.98 Å². The lowest BCUT2D eigenvalue weighted by Crippen LogP contribution is -2.42. The lowest BCUT2D eigenvalue weighted by Gasteiger charge is -2.34. The zero-order chi connectivity index (χ0) is 32.2. The van der Waals surface area contributed by atoms with Gasteiger partial charge in [0.05, 0.1) is 31.3 Å². The van der Waals surface area contributed by atoms with Gasteiger partial charge in [0.1, 0.15) is 0 Å². The van der Waals surface area contributed by atoms with Gasteiger partial charge in [-0.2, -0.15) is 31.4 Å². The van der Waals surface area contributed by atoms with Crippen molar-refractivity contribution >= 4 is 22.4 Å². The summed E-state index contributed by atoms with van der Waals surface area (Å²) in [5.41, 5.74) is 5.33. The largest absolute Gasteiger partial charge is 0.390 e. The predicted octanol–water partition coefficient (Wildman–Crippen LogP) is 7.93. The Kier molecular flexibility index (Phi) is 9.97. The van der Waals surface area contributed by atoms with E-state index < -0.39 is 44.3 Å². The summed E-state index contributed by atoms with van der Waals surface area (Å²) < 4.78 is 79.1. The SMILES string of the molecule is CCc1ccc(-c2cnn(Cc3cccc(C(=O)Nc4nc5c(s4)CC(N(CCC(F)(F)F)CCC(F)(F)F)CC5)c3)c2)cc1. The molecule has 6 nitrogen and oxygen atoms in total. The first kappa shape index (κ1) is 32.7. The number of aromatic nitrogens is 3. The fraction of sp³-hybridized carbons (Fsp3) is 0.406. The number of hydrogen-bond donors (Lipinski definition) is 1. The highest BCUT2D eigenvalue weighted by molar-refractivity contribution is 7.15. The molecule has 13 heteroatoms. The van der Waals surface area contributed by atoms with Crippen molar-refractivity contribution in [3.8, 4) is 11.1 Å². The third-order valence-electron chi connectivity index (χ3n) is 7.88. The minimum absolute atomic E-state index is 0.280. The number of rotatable bonds is 11. The molecule has 0 bridgehead atoms. The molecule has 2 heterocycles. The second-order valence-corrected chi connectivity index (χ2v) is 12.3. The summed E-state index contributed by atoms with van der Waals surface area (Å²) in [6, 6.07) is 15.0. The fourth-order valence-electron chi connectivity index (χ4n) is 5.44. The van der Waals surface area contributed by atoms with Crippen molar-refractivity contribution in [2.45, 2.75) is 70.4 Å². The number of carbonyl (C=O) groups excluding carboxylic acids is 1. The van der Waals surface area contributed by atoms with Gasteiger partial charge < -0.3 is 0 Å². The van der Waals surface area contributed by atoms with Gasteiger partial charge in [-0.1, -0.05) is 43.3 Å². The van der Waals surface area contributed by atoms with Gasteiger partial charge in [0, 0.05) is 41.3 Å². The van der Waals surface area contributed by atoms with Crippen LogP contribution in [-0.4, -0.2) is 57.1 Å². The predicted molar refractivity (Wildman–Crippen MR) is 161 cm³/mol. The van der Waals surface area contributed by atoms with Crippen LogP contribution >= 0.6 is 11.3 Å². The summed E-state index contributed by atoms with van der Waals surface area (Å²) in [7, 11) is 0. The molecule has 2 aromatic carbocycles. The van der Waals surface area contributed by atoms with Crippen LogP contribution in [0.2, 0.25) is 0 Å². The van der Waals surface area contributed by atoms with Gasteiger partial charge in [-0.05, 0) is 54.5 Å². The van der Waals surface area contributed by atoms with E-state index in [1.54, 1.807) is 29.1 Å². The van der Waals surface area contributed by atoms with Crippen molar-refractivity contribution < 1.29 is 31.1 Å². The van der Waals surface area contributed by atoms with Crippen LogP contribution in [0, 0.1) is 0 Å². The molecule has 0 saturated carbocycles. The minimum atomic E-state index is -4.46. The smallest absolute Gasteiger partial charge is 0.299 e. The Morgan fingerprint density at radius 3 is 2.38 bits per heavy atom. The topological polar surface area (TPSA) is 63.1 Å².